The molecule has 6 rings (SSSR count). The van der Waals surface area contributed by atoms with Gasteiger partial charge in [0.1, 0.15) is 0 Å². The first-order chi connectivity index (χ1) is 23.8. The highest BCUT2D eigenvalue weighted by Gasteiger charge is 2.18. The van der Waals surface area contributed by atoms with Crippen LogP contribution >= 0.6 is 0 Å². The minimum absolute atomic E-state index is 0.967. The SMILES string of the molecule is CCCCCCCCCCC#Cc1c2ccccc2c2ccc3c(C#CCCCCCCCCCC)c4ccccc4c4ccc1c2c34. The Hall–Kier alpha value is -4.00. The number of benzene rings is 6. The van der Waals surface area contributed by atoms with E-state index in [2.05, 4.69) is 110 Å². The van der Waals surface area contributed by atoms with Gasteiger partial charge >= 0.3 is 0 Å². The fourth-order valence-corrected chi connectivity index (χ4v) is 7.79. The lowest BCUT2D eigenvalue weighted by atomic mass is 9.84. The molecule has 0 spiro atoms. The minimum atomic E-state index is 0.967. The molecule has 48 heavy (non-hydrogen) atoms. The van der Waals surface area contributed by atoms with Gasteiger partial charge in [-0.15, -0.1) is 0 Å². The molecule has 0 amide bonds. The molecule has 0 nitrogen and oxygen atoms in total. The van der Waals surface area contributed by atoms with Crippen LogP contribution in [-0.4, -0.2) is 0 Å². The third-order valence-corrected chi connectivity index (χ3v) is 10.4. The van der Waals surface area contributed by atoms with Crippen molar-refractivity contribution in [2.24, 2.45) is 0 Å². The van der Waals surface area contributed by atoms with Crippen LogP contribution in [0.2, 0.25) is 0 Å². The normalized spacial score (nSPS) is 11.5. The molecule has 0 saturated carbocycles. The first kappa shape index (κ1) is 33.9. The summed E-state index contributed by atoms with van der Waals surface area (Å²) in [5.74, 6) is 14.6. The molecule has 246 valence electrons. The quantitative estimate of drug-likeness (QED) is 0.0432. The summed E-state index contributed by atoms with van der Waals surface area (Å²) < 4.78 is 0. The van der Waals surface area contributed by atoms with Crippen molar-refractivity contribution < 1.29 is 0 Å². The van der Waals surface area contributed by atoms with Crippen molar-refractivity contribution in [2.45, 2.75) is 129 Å². The second kappa shape index (κ2) is 17.4. The third kappa shape index (κ3) is 7.66. The molecule has 6 aromatic rings. The van der Waals surface area contributed by atoms with E-state index in [0.717, 1.165) is 12.8 Å². The minimum Gasteiger partial charge on any atom is -0.0978 e. The zero-order chi connectivity index (χ0) is 33.0. The van der Waals surface area contributed by atoms with Gasteiger partial charge in [-0.05, 0) is 66.7 Å². The molecule has 0 fully saturated rings. The Morgan fingerprint density at radius 1 is 0.333 bits per heavy atom. The number of unbranched alkanes of at least 4 members (excludes halogenated alkanes) is 16. The van der Waals surface area contributed by atoms with Crippen molar-refractivity contribution in [1.29, 1.82) is 0 Å². The summed E-state index contributed by atoms with van der Waals surface area (Å²) in [5.41, 5.74) is 2.37. The molecule has 0 heterocycles. The van der Waals surface area contributed by atoms with Gasteiger partial charge in [-0.2, -0.15) is 0 Å². The summed E-state index contributed by atoms with van der Waals surface area (Å²) in [6.45, 7) is 4.58. The van der Waals surface area contributed by atoms with Crippen LogP contribution in [-0.2, 0) is 0 Å². The number of fused-ring (bicyclic) bond motifs is 4. The van der Waals surface area contributed by atoms with Crippen LogP contribution in [0.25, 0.3) is 53.9 Å². The third-order valence-electron chi connectivity index (χ3n) is 10.4. The second-order valence-electron chi connectivity index (χ2n) is 14.0. The lowest BCUT2D eigenvalue weighted by molar-refractivity contribution is 0.579. The van der Waals surface area contributed by atoms with Gasteiger partial charge in [-0.1, -0.05) is 200 Å². The Bertz CT molecular complexity index is 1920. The van der Waals surface area contributed by atoms with Crippen molar-refractivity contribution in [2.75, 3.05) is 0 Å². The van der Waals surface area contributed by atoms with E-state index in [9.17, 15) is 0 Å². The van der Waals surface area contributed by atoms with E-state index in [4.69, 9.17) is 0 Å². The van der Waals surface area contributed by atoms with E-state index >= 15 is 0 Å². The molecule has 6 aromatic carbocycles. The average Bonchev–Trinajstić information content (AvgIpc) is 3.13. The fraction of sp³-hybridized carbons (Fsp3) is 0.417. The topological polar surface area (TPSA) is 0 Å². The number of rotatable bonds is 16. The van der Waals surface area contributed by atoms with E-state index in [1.165, 1.54) is 168 Å². The van der Waals surface area contributed by atoms with Crippen LogP contribution in [0.4, 0.5) is 0 Å². The standard InChI is InChI=1S/C48H54/c1-3-5-7-9-11-13-15-17-19-21-27-39-37-29-23-25-31-41(37)45-36-34-44-40(28-22-20-18-16-14-12-10-8-6-4-2)38-30-24-26-32-42(38)46-35-33-43(39)47(45)48(44)46/h23-26,29-36H,3-20H2,1-2H3. The zero-order valence-electron chi connectivity index (χ0n) is 29.7. The summed E-state index contributed by atoms with van der Waals surface area (Å²) >= 11 is 0. The van der Waals surface area contributed by atoms with Crippen molar-refractivity contribution in [3.8, 4) is 23.7 Å². The van der Waals surface area contributed by atoms with E-state index in [1.54, 1.807) is 0 Å². The lowest BCUT2D eigenvalue weighted by Gasteiger charge is -2.18. The molecule has 0 aliphatic heterocycles. The van der Waals surface area contributed by atoms with Crippen LogP contribution in [0, 0.1) is 23.7 Å². The summed E-state index contributed by atoms with van der Waals surface area (Å²) in [6.07, 6.45) is 23.2. The molecular formula is C48H54. The molecule has 0 aliphatic carbocycles. The van der Waals surface area contributed by atoms with E-state index < -0.39 is 0 Å². The van der Waals surface area contributed by atoms with Crippen molar-refractivity contribution in [1.82, 2.24) is 0 Å². The van der Waals surface area contributed by atoms with E-state index in [1.807, 2.05) is 0 Å². The monoisotopic (exact) mass is 630 g/mol. The molecule has 0 radical (unpaired) electrons. The fourth-order valence-electron chi connectivity index (χ4n) is 7.79. The number of hydrogen-bond donors (Lipinski definition) is 0. The molecule has 0 heteroatoms. The molecule has 0 aliphatic rings. The Balaban J connectivity index is 1.33. The first-order valence-corrected chi connectivity index (χ1v) is 19.3. The molecule has 0 saturated heterocycles. The molecule has 0 aromatic heterocycles. The smallest absolute Gasteiger partial charge is 0.0402 e. The largest absolute Gasteiger partial charge is 0.0978 e. The Morgan fingerprint density at radius 3 is 1.06 bits per heavy atom. The predicted octanol–water partition coefficient (Wildman–Crippen LogP) is 14.7. The summed E-state index contributed by atoms with van der Waals surface area (Å²) in [6, 6.07) is 27.2. The predicted molar refractivity (Wildman–Crippen MR) is 213 cm³/mol. The van der Waals surface area contributed by atoms with Gasteiger partial charge in [0.25, 0.3) is 0 Å². The summed E-state index contributed by atoms with van der Waals surface area (Å²) in [5, 5.41) is 13.0. The van der Waals surface area contributed by atoms with Gasteiger partial charge in [0.05, 0.1) is 0 Å². The van der Waals surface area contributed by atoms with Gasteiger partial charge in [0, 0.05) is 24.0 Å². The van der Waals surface area contributed by atoms with Gasteiger partial charge in [-0.3, -0.25) is 0 Å². The van der Waals surface area contributed by atoms with Gasteiger partial charge in [0.2, 0.25) is 0 Å². The second-order valence-corrected chi connectivity index (χ2v) is 14.0. The highest BCUT2D eigenvalue weighted by Crippen LogP contribution is 2.44. The van der Waals surface area contributed by atoms with Crippen molar-refractivity contribution in [3.05, 3.63) is 83.9 Å². The molecule has 0 unspecified atom stereocenters. The lowest BCUT2D eigenvalue weighted by Crippen LogP contribution is -1.93. The van der Waals surface area contributed by atoms with Crippen molar-refractivity contribution in [3.63, 3.8) is 0 Å². The van der Waals surface area contributed by atoms with Gasteiger partial charge in [0.15, 0.2) is 0 Å². The Kier molecular flexibility index (Phi) is 12.3. The summed E-state index contributed by atoms with van der Waals surface area (Å²) in [7, 11) is 0. The molecule has 0 bridgehead atoms. The Morgan fingerprint density at radius 2 is 0.667 bits per heavy atom. The van der Waals surface area contributed by atoms with Gasteiger partial charge < -0.3 is 0 Å². The van der Waals surface area contributed by atoms with Crippen LogP contribution in [0.1, 0.15) is 141 Å². The maximum absolute atomic E-state index is 3.71. The molecule has 0 atom stereocenters. The molecular weight excluding hydrogens is 577 g/mol. The van der Waals surface area contributed by atoms with Crippen molar-refractivity contribution >= 4 is 53.9 Å². The maximum atomic E-state index is 3.71. The van der Waals surface area contributed by atoms with E-state index in [0.29, 0.717) is 0 Å². The average molecular weight is 631 g/mol. The van der Waals surface area contributed by atoms with Crippen LogP contribution in [0.3, 0.4) is 0 Å². The molecule has 0 N–H and O–H groups in total. The summed E-state index contributed by atoms with van der Waals surface area (Å²) in [4.78, 5) is 0. The Labute approximate surface area is 290 Å². The maximum Gasteiger partial charge on any atom is 0.0402 e. The highest BCUT2D eigenvalue weighted by molar-refractivity contribution is 6.35. The van der Waals surface area contributed by atoms with E-state index in [-0.39, 0.29) is 0 Å². The van der Waals surface area contributed by atoms with Crippen LogP contribution in [0.15, 0.2) is 72.8 Å². The van der Waals surface area contributed by atoms with Gasteiger partial charge in [-0.25, -0.2) is 0 Å². The van der Waals surface area contributed by atoms with Crippen LogP contribution < -0.4 is 0 Å². The van der Waals surface area contributed by atoms with Crippen LogP contribution in [0.5, 0.6) is 0 Å². The highest BCUT2D eigenvalue weighted by atomic mass is 14.2. The number of hydrogen-bond acceptors (Lipinski definition) is 0. The zero-order valence-corrected chi connectivity index (χ0v) is 29.7. The first-order valence-electron chi connectivity index (χ1n) is 19.3.